The summed E-state index contributed by atoms with van der Waals surface area (Å²) >= 11 is 0. The Morgan fingerprint density at radius 1 is 1.29 bits per heavy atom. The van der Waals surface area contributed by atoms with Gasteiger partial charge >= 0.3 is 0 Å². The minimum absolute atomic E-state index is 0.00638. The van der Waals surface area contributed by atoms with Gasteiger partial charge < -0.3 is 15.0 Å². The predicted molar refractivity (Wildman–Crippen MR) is 81.2 cm³/mol. The maximum Gasteiger partial charge on any atom is 0.254 e. The molecule has 1 fully saturated rings. The van der Waals surface area contributed by atoms with Crippen LogP contribution in [0.4, 0.5) is 5.69 Å². The van der Waals surface area contributed by atoms with Crippen molar-refractivity contribution in [3.8, 4) is 0 Å². The third-order valence-electron chi connectivity index (χ3n) is 3.45. The van der Waals surface area contributed by atoms with Crippen LogP contribution in [0.25, 0.3) is 0 Å². The zero-order valence-electron chi connectivity index (χ0n) is 12.8. The molecule has 5 nitrogen and oxygen atoms in total. The smallest absolute Gasteiger partial charge is 0.254 e. The highest BCUT2D eigenvalue weighted by atomic mass is 16.5. The van der Waals surface area contributed by atoms with E-state index >= 15 is 0 Å². The normalized spacial score (nSPS) is 18.7. The molecule has 114 valence electrons. The fourth-order valence-electron chi connectivity index (χ4n) is 2.17. The van der Waals surface area contributed by atoms with Gasteiger partial charge in [-0.15, -0.1) is 0 Å². The Bertz CT molecular complexity index is 511. The van der Waals surface area contributed by atoms with Crippen molar-refractivity contribution in [1.82, 2.24) is 4.90 Å². The first-order valence-corrected chi connectivity index (χ1v) is 7.29. The molecule has 1 aromatic rings. The third kappa shape index (κ3) is 4.04. The third-order valence-corrected chi connectivity index (χ3v) is 3.45. The van der Waals surface area contributed by atoms with Gasteiger partial charge in [0.2, 0.25) is 5.91 Å². The first-order valence-electron chi connectivity index (χ1n) is 7.29. The Kier molecular flexibility index (Phi) is 4.96. The molecule has 0 aromatic heterocycles. The van der Waals surface area contributed by atoms with Crippen molar-refractivity contribution < 1.29 is 14.3 Å². The average Bonchev–Trinajstić information content (AvgIpc) is 2.47. The lowest BCUT2D eigenvalue weighted by atomic mass is 10.1. The number of morpholine rings is 1. The van der Waals surface area contributed by atoms with Crippen molar-refractivity contribution in [2.24, 2.45) is 5.92 Å². The summed E-state index contributed by atoms with van der Waals surface area (Å²) in [6.07, 6.45) is 0.0762. The summed E-state index contributed by atoms with van der Waals surface area (Å²) in [5.41, 5.74) is 1.34. The van der Waals surface area contributed by atoms with E-state index in [9.17, 15) is 9.59 Å². The van der Waals surface area contributed by atoms with Crippen LogP contribution >= 0.6 is 0 Å². The number of hydrogen-bond donors (Lipinski definition) is 1. The first kappa shape index (κ1) is 15.5. The molecule has 2 amide bonds. The average molecular weight is 290 g/mol. The number of nitrogens with one attached hydrogen (secondary N) is 1. The lowest BCUT2D eigenvalue weighted by Gasteiger charge is -2.31. The van der Waals surface area contributed by atoms with E-state index in [0.29, 0.717) is 30.9 Å². The van der Waals surface area contributed by atoms with Crippen molar-refractivity contribution in [3.63, 3.8) is 0 Å². The summed E-state index contributed by atoms with van der Waals surface area (Å²) in [7, 11) is 0. The topological polar surface area (TPSA) is 58.6 Å². The SMILES string of the molecule is CC1CN(C(=O)c2ccc(NC(=O)C(C)C)cc2)CCO1. The molecular formula is C16H22N2O3. The maximum atomic E-state index is 12.4. The summed E-state index contributed by atoms with van der Waals surface area (Å²) in [6, 6.07) is 7.02. The molecule has 0 saturated carbocycles. The second-order valence-corrected chi connectivity index (χ2v) is 5.65. The van der Waals surface area contributed by atoms with E-state index in [0.717, 1.165) is 0 Å². The predicted octanol–water partition coefficient (Wildman–Crippen LogP) is 2.14. The van der Waals surface area contributed by atoms with Crippen molar-refractivity contribution >= 4 is 17.5 Å². The monoisotopic (exact) mass is 290 g/mol. The maximum absolute atomic E-state index is 12.4. The van der Waals surface area contributed by atoms with Gasteiger partial charge in [-0.3, -0.25) is 9.59 Å². The van der Waals surface area contributed by atoms with Crippen LogP contribution in [0.2, 0.25) is 0 Å². The molecule has 5 heteroatoms. The lowest BCUT2D eigenvalue weighted by Crippen LogP contribution is -2.44. The summed E-state index contributed by atoms with van der Waals surface area (Å²) in [5, 5.41) is 2.81. The molecular weight excluding hydrogens is 268 g/mol. The molecule has 1 N–H and O–H groups in total. The minimum Gasteiger partial charge on any atom is -0.375 e. The van der Waals surface area contributed by atoms with Gasteiger partial charge in [-0.2, -0.15) is 0 Å². The molecule has 0 radical (unpaired) electrons. The number of rotatable bonds is 3. The summed E-state index contributed by atoms with van der Waals surface area (Å²) in [4.78, 5) is 25.8. The van der Waals surface area contributed by atoms with Crippen LogP contribution in [0.1, 0.15) is 31.1 Å². The highest BCUT2D eigenvalue weighted by Gasteiger charge is 2.22. The van der Waals surface area contributed by atoms with Crippen LogP contribution in [0, 0.1) is 5.92 Å². The van der Waals surface area contributed by atoms with Crippen molar-refractivity contribution in [3.05, 3.63) is 29.8 Å². The second-order valence-electron chi connectivity index (χ2n) is 5.65. The minimum atomic E-state index is -0.0684. The van der Waals surface area contributed by atoms with Crippen LogP contribution < -0.4 is 5.32 Å². The molecule has 1 aliphatic rings. The van der Waals surface area contributed by atoms with Gasteiger partial charge in [0.05, 0.1) is 12.7 Å². The zero-order valence-corrected chi connectivity index (χ0v) is 12.8. The zero-order chi connectivity index (χ0) is 15.4. The van der Waals surface area contributed by atoms with Gasteiger partial charge in [0.15, 0.2) is 0 Å². The molecule has 21 heavy (non-hydrogen) atoms. The number of carbonyl (C=O) groups is 2. The number of anilines is 1. The summed E-state index contributed by atoms with van der Waals surface area (Å²) in [6.45, 7) is 7.46. The molecule has 1 atom stereocenters. The molecule has 1 heterocycles. The van der Waals surface area contributed by atoms with Crippen molar-refractivity contribution in [2.45, 2.75) is 26.9 Å². The van der Waals surface area contributed by atoms with Crippen molar-refractivity contribution in [1.29, 1.82) is 0 Å². The van der Waals surface area contributed by atoms with Crippen LogP contribution in [-0.4, -0.2) is 42.5 Å². The Morgan fingerprint density at radius 3 is 2.52 bits per heavy atom. The Balaban J connectivity index is 2.01. The molecule has 1 saturated heterocycles. The van der Waals surface area contributed by atoms with E-state index < -0.39 is 0 Å². The van der Waals surface area contributed by atoms with Gasteiger partial charge in [0.25, 0.3) is 5.91 Å². The van der Waals surface area contributed by atoms with Gasteiger partial charge in [-0.25, -0.2) is 0 Å². The van der Waals surface area contributed by atoms with Gasteiger partial charge in [-0.05, 0) is 31.2 Å². The highest BCUT2D eigenvalue weighted by Crippen LogP contribution is 2.14. The standard InChI is InChI=1S/C16H22N2O3/c1-11(2)15(19)17-14-6-4-13(5-7-14)16(20)18-8-9-21-12(3)10-18/h4-7,11-12H,8-10H2,1-3H3,(H,17,19). The Hall–Kier alpha value is -1.88. The van der Waals surface area contributed by atoms with E-state index in [-0.39, 0.29) is 23.8 Å². The number of benzene rings is 1. The van der Waals surface area contributed by atoms with Crippen LogP contribution in [0.3, 0.4) is 0 Å². The van der Waals surface area contributed by atoms with E-state index in [1.807, 2.05) is 20.8 Å². The molecule has 0 bridgehead atoms. The molecule has 0 spiro atoms. The van der Waals surface area contributed by atoms with Gasteiger partial charge in [0.1, 0.15) is 0 Å². The van der Waals surface area contributed by atoms with Crippen molar-refractivity contribution in [2.75, 3.05) is 25.0 Å². The molecule has 1 unspecified atom stereocenters. The lowest BCUT2D eigenvalue weighted by molar-refractivity contribution is -0.118. The molecule has 1 aromatic carbocycles. The van der Waals surface area contributed by atoms with E-state index in [1.165, 1.54) is 0 Å². The molecule has 1 aliphatic heterocycles. The number of ether oxygens (including phenoxy) is 1. The van der Waals surface area contributed by atoms with Gasteiger partial charge in [-0.1, -0.05) is 13.8 Å². The largest absolute Gasteiger partial charge is 0.375 e. The van der Waals surface area contributed by atoms with Gasteiger partial charge in [0, 0.05) is 30.3 Å². The second kappa shape index (κ2) is 6.72. The fourth-order valence-corrected chi connectivity index (χ4v) is 2.17. The van der Waals surface area contributed by atoms with Crippen LogP contribution in [0.15, 0.2) is 24.3 Å². The number of amides is 2. The van der Waals surface area contributed by atoms with Crippen LogP contribution in [-0.2, 0) is 9.53 Å². The first-order chi connectivity index (χ1) is 9.97. The number of hydrogen-bond acceptors (Lipinski definition) is 3. The quantitative estimate of drug-likeness (QED) is 0.928. The molecule has 2 rings (SSSR count). The number of carbonyl (C=O) groups excluding carboxylic acids is 2. The highest BCUT2D eigenvalue weighted by molar-refractivity contribution is 5.96. The number of nitrogens with zero attached hydrogens (tertiary/aromatic N) is 1. The summed E-state index contributed by atoms with van der Waals surface area (Å²) < 4.78 is 5.44. The summed E-state index contributed by atoms with van der Waals surface area (Å²) in [5.74, 6) is -0.0934. The Labute approximate surface area is 125 Å². The molecule has 0 aliphatic carbocycles. The van der Waals surface area contributed by atoms with E-state index in [2.05, 4.69) is 5.32 Å². The van der Waals surface area contributed by atoms with Crippen LogP contribution in [0.5, 0.6) is 0 Å². The fraction of sp³-hybridized carbons (Fsp3) is 0.500. The Morgan fingerprint density at radius 2 is 1.95 bits per heavy atom. The van der Waals surface area contributed by atoms with E-state index in [4.69, 9.17) is 4.74 Å². The van der Waals surface area contributed by atoms with E-state index in [1.54, 1.807) is 29.2 Å².